The molecule has 1 aliphatic heterocycles. The van der Waals surface area contributed by atoms with Crippen molar-refractivity contribution in [1.29, 1.82) is 5.26 Å². The summed E-state index contributed by atoms with van der Waals surface area (Å²) in [5, 5.41) is 8.34. The highest BCUT2D eigenvalue weighted by molar-refractivity contribution is 4.67. The minimum atomic E-state index is 0.0434. The van der Waals surface area contributed by atoms with E-state index in [1.54, 1.807) is 0 Å². The van der Waals surface area contributed by atoms with Gasteiger partial charge in [-0.3, -0.25) is 0 Å². The standard InChI is InChI=1S/C13H23NO3/c14-8-2-1-3-9-15-10-4-5-11-16-13-7-6-12-17-13/h13H,1-7,9-12H2. The Balaban J connectivity index is 1.71. The molecule has 1 rings (SSSR count). The van der Waals surface area contributed by atoms with Gasteiger partial charge in [0.05, 0.1) is 6.07 Å². The minimum Gasteiger partial charge on any atom is -0.381 e. The first-order chi connectivity index (χ1) is 8.43. The van der Waals surface area contributed by atoms with Crippen LogP contribution in [0.3, 0.4) is 0 Å². The van der Waals surface area contributed by atoms with Crippen molar-refractivity contribution in [2.75, 3.05) is 26.4 Å². The van der Waals surface area contributed by atoms with E-state index in [9.17, 15) is 0 Å². The number of unbranched alkanes of at least 4 members (excludes halogenated alkanes) is 3. The van der Waals surface area contributed by atoms with Gasteiger partial charge in [0, 0.05) is 39.3 Å². The van der Waals surface area contributed by atoms with Gasteiger partial charge in [-0.05, 0) is 32.1 Å². The number of rotatable bonds is 10. The lowest BCUT2D eigenvalue weighted by Crippen LogP contribution is -2.11. The number of hydrogen-bond acceptors (Lipinski definition) is 4. The second kappa shape index (κ2) is 10.5. The Bertz CT molecular complexity index is 209. The zero-order chi connectivity index (χ0) is 12.2. The number of nitrogens with zero attached hydrogens (tertiary/aromatic N) is 1. The van der Waals surface area contributed by atoms with Gasteiger partial charge in [0.25, 0.3) is 0 Å². The molecule has 98 valence electrons. The van der Waals surface area contributed by atoms with E-state index in [0.717, 1.165) is 65.0 Å². The van der Waals surface area contributed by atoms with E-state index in [0.29, 0.717) is 6.42 Å². The van der Waals surface area contributed by atoms with Crippen LogP contribution in [0.1, 0.15) is 44.9 Å². The van der Waals surface area contributed by atoms with E-state index in [4.69, 9.17) is 19.5 Å². The Kier molecular flexibility index (Phi) is 8.93. The smallest absolute Gasteiger partial charge is 0.157 e. The zero-order valence-electron chi connectivity index (χ0n) is 10.5. The number of ether oxygens (including phenoxy) is 3. The second-order valence-electron chi connectivity index (χ2n) is 4.25. The Morgan fingerprint density at radius 1 is 1.12 bits per heavy atom. The number of nitriles is 1. The Labute approximate surface area is 104 Å². The molecule has 0 N–H and O–H groups in total. The van der Waals surface area contributed by atoms with Gasteiger partial charge < -0.3 is 14.2 Å². The predicted octanol–water partition coefficient (Wildman–Crippen LogP) is 2.63. The third-order valence-corrected chi connectivity index (χ3v) is 2.70. The molecule has 1 atom stereocenters. The molecule has 0 aromatic carbocycles. The molecule has 0 spiro atoms. The van der Waals surface area contributed by atoms with Crippen molar-refractivity contribution in [2.45, 2.75) is 51.2 Å². The summed E-state index contributed by atoms with van der Waals surface area (Å²) in [6, 6.07) is 2.13. The Morgan fingerprint density at radius 3 is 2.59 bits per heavy atom. The summed E-state index contributed by atoms with van der Waals surface area (Å²) in [4.78, 5) is 0. The molecule has 0 radical (unpaired) electrons. The normalized spacial score (nSPS) is 19.4. The first kappa shape index (κ1) is 14.4. The van der Waals surface area contributed by atoms with E-state index in [1.165, 1.54) is 0 Å². The van der Waals surface area contributed by atoms with Crippen LogP contribution in [-0.4, -0.2) is 32.7 Å². The van der Waals surface area contributed by atoms with Crippen molar-refractivity contribution in [3.63, 3.8) is 0 Å². The molecule has 1 heterocycles. The molecule has 0 aliphatic carbocycles. The monoisotopic (exact) mass is 241 g/mol. The summed E-state index contributed by atoms with van der Waals surface area (Å²) in [6.45, 7) is 3.18. The third kappa shape index (κ3) is 8.14. The molecule has 0 bridgehead atoms. The average molecular weight is 241 g/mol. The zero-order valence-corrected chi connectivity index (χ0v) is 10.5. The van der Waals surface area contributed by atoms with Crippen molar-refractivity contribution < 1.29 is 14.2 Å². The maximum Gasteiger partial charge on any atom is 0.157 e. The summed E-state index contributed by atoms with van der Waals surface area (Å²) in [5.41, 5.74) is 0. The van der Waals surface area contributed by atoms with Gasteiger partial charge >= 0.3 is 0 Å². The van der Waals surface area contributed by atoms with Crippen molar-refractivity contribution in [3.05, 3.63) is 0 Å². The fraction of sp³-hybridized carbons (Fsp3) is 0.923. The highest BCUT2D eigenvalue weighted by Gasteiger charge is 2.14. The van der Waals surface area contributed by atoms with Crippen LogP contribution >= 0.6 is 0 Å². The average Bonchev–Trinajstić information content (AvgIpc) is 2.85. The summed E-state index contributed by atoms with van der Waals surface area (Å²) in [6.07, 6.45) is 6.83. The first-order valence-electron chi connectivity index (χ1n) is 6.61. The Morgan fingerprint density at radius 2 is 1.88 bits per heavy atom. The molecule has 4 heteroatoms. The molecule has 17 heavy (non-hydrogen) atoms. The lowest BCUT2D eigenvalue weighted by Gasteiger charge is -2.10. The first-order valence-corrected chi connectivity index (χ1v) is 6.61. The van der Waals surface area contributed by atoms with Gasteiger partial charge in [0.15, 0.2) is 6.29 Å². The largest absolute Gasteiger partial charge is 0.381 e. The van der Waals surface area contributed by atoms with Crippen LogP contribution in [0.4, 0.5) is 0 Å². The SMILES string of the molecule is N#CCCCCOCCCCOC1CCCO1. The molecule has 1 aliphatic rings. The van der Waals surface area contributed by atoms with Crippen molar-refractivity contribution in [2.24, 2.45) is 0 Å². The van der Waals surface area contributed by atoms with Gasteiger partial charge in [0.2, 0.25) is 0 Å². The lowest BCUT2D eigenvalue weighted by molar-refractivity contribution is -0.112. The molecule has 0 aromatic rings. The van der Waals surface area contributed by atoms with Crippen LogP contribution in [-0.2, 0) is 14.2 Å². The Hall–Kier alpha value is -0.630. The molecular weight excluding hydrogens is 218 g/mol. The molecule has 1 unspecified atom stereocenters. The molecule has 0 aromatic heterocycles. The highest BCUT2D eigenvalue weighted by Crippen LogP contribution is 2.13. The summed E-state index contributed by atoms with van der Waals surface area (Å²) in [7, 11) is 0. The van der Waals surface area contributed by atoms with E-state index in [2.05, 4.69) is 6.07 Å². The topological polar surface area (TPSA) is 51.5 Å². The molecular formula is C13H23NO3. The molecule has 0 amide bonds. The highest BCUT2D eigenvalue weighted by atomic mass is 16.7. The van der Waals surface area contributed by atoms with Crippen molar-refractivity contribution in [3.8, 4) is 6.07 Å². The van der Waals surface area contributed by atoms with Gasteiger partial charge in [-0.1, -0.05) is 0 Å². The van der Waals surface area contributed by atoms with Gasteiger partial charge in [-0.15, -0.1) is 0 Å². The van der Waals surface area contributed by atoms with Crippen LogP contribution in [0, 0.1) is 11.3 Å². The van der Waals surface area contributed by atoms with Crippen LogP contribution < -0.4 is 0 Å². The van der Waals surface area contributed by atoms with E-state index >= 15 is 0 Å². The minimum absolute atomic E-state index is 0.0434. The molecule has 1 saturated heterocycles. The summed E-state index contributed by atoms with van der Waals surface area (Å²) >= 11 is 0. The van der Waals surface area contributed by atoms with Crippen LogP contribution in [0.2, 0.25) is 0 Å². The maximum atomic E-state index is 8.34. The fourth-order valence-electron chi connectivity index (χ4n) is 1.71. The second-order valence-corrected chi connectivity index (χ2v) is 4.25. The van der Waals surface area contributed by atoms with Gasteiger partial charge in [-0.25, -0.2) is 0 Å². The molecule has 0 saturated carbocycles. The van der Waals surface area contributed by atoms with Crippen LogP contribution in [0.25, 0.3) is 0 Å². The molecule has 4 nitrogen and oxygen atoms in total. The van der Waals surface area contributed by atoms with E-state index in [-0.39, 0.29) is 6.29 Å². The van der Waals surface area contributed by atoms with Crippen LogP contribution in [0.15, 0.2) is 0 Å². The van der Waals surface area contributed by atoms with E-state index < -0.39 is 0 Å². The van der Waals surface area contributed by atoms with Gasteiger partial charge in [0.1, 0.15) is 0 Å². The fourth-order valence-corrected chi connectivity index (χ4v) is 1.71. The lowest BCUT2D eigenvalue weighted by atomic mass is 10.2. The third-order valence-electron chi connectivity index (χ3n) is 2.70. The van der Waals surface area contributed by atoms with Crippen molar-refractivity contribution >= 4 is 0 Å². The molecule has 1 fully saturated rings. The summed E-state index contributed by atoms with van der Waals surface area (Å²) in [5.74, 6) is 0. The quantitative estimate of drug-likeness (QED) is 0.552. The summed E-state index contributed by atoms with van der Waals surface area (Å²) < 4.78 is 16.4. The van der Waals surface area contributed by atoms with Gasteiger partial charge in [-0.2, -0.15) is 5.26 Å². The van der Waals surface area contributed by atoms with Crippen molar-refractivity contribution in [1.82, 2.24) is 0 Å². The van der Waals surface area contributed by atoms with E-state index in [1.807, 2.05) is 0 Å². The maximum absolute atomic E-state index is 8.34. The predicted molar refractivity (Wildman–Crippen MR) is 64.4 cm³/mol. The number of hydrogen-bond donors (Lipinski definition) is 0. The van der Waals surface area contributed by atoms with Crippen LogP contribution in [0.5, 0.6) is 0 Å².